The number of halogens is 2. The highest BCUT2D eigenvalue weighted by molar-refractivity contribution is 5.77. The largest absolute Gasteiger partial charge is 0.491 e. The minimum atomic E-state index is -2.58. The molecule has 2 aliphatic rings. The number of alkyl halides is 2. The zero-order chi connectivity index (χ0) is 26.3. The van der Waals surface area contributed by atoms with Crippen LogP contribution in [0.3, 0.4) is 0 Å². The van der Waals surface area contributed by atoms with Gasteiger partial charge in [0.25, 0.3) is 6.43 Å². The smallest absolute Gasteiger partial charge is 0.264 e. The summed E-state index contributed by atoms with van der Waals surface area (Å²) in [6.45, 7) is 13.9. The molecule has 0 fully saturated rings. The predicted octanol–water partition coefficient (Wildman–Crippen LogP) is 7.25. The molecular weight excluding hydrogens is 470 g/mol. The Kier molecular flexibility index (Phi) is 6.73. The Morgan fingerprint density at radius 2 is 1.95 bits per heavy atom. The van der Waals surface area contributed by atoms with Gasteiger partial charge in [0.1, 0.15) is 12.4 Å². The molecule has 2 aliphatic heterocycles. The molecule has 5 nitrogen and oxygen atoms in total. The van der Waals surface area contributed by atoms with Crippen LogP contribution in [0.15, 0.2) is 55.0 Å². The van der Waals surface area contributed by atoms with Gasteiger partial charge in [0.2, 0.25) is 0 Å². The number of allylic oxidation sites excluding steroid dienone is 1. The summed E-state index contributed by atoms with van der Waals surface area (Å²) in [5, 5.41) is 4.19. The number of hydrogen-bond donors (Lipinski definition) is 0. The van der Waals surface area contributed by atoms with Crippen molar-refractivity contribution in [2.45, 2.75) is 53.0 Å². The third-order valence-corrected chi connectivity index (χ3v) is 7.14. The lowest BCUT2D eigenvalue weighted by Crippen LogP contribution is -2.27. The molecule has 0 spiro atoms. The van der Waals surface area contributed by atoms with E-state index in [2.05, 4.69) is 48.3 Å². The van der Waals surface area contributed by atoms with Gasteiger partial charge in [-0.05, 0) is 66.1 Å². The van der Waals surface area contributed by atoms with Crippen molar-refractivity contribution < 1.29 is 13.5 Å². The van der Waals surface area contributed by atoms with E-state index in [1.54, 1.807) is 30.2 Å². The van der Waals surface area contributed by atoms with Gasteiger partial charge in [-0.3, -0.25) is 4.68 Å². The van der Waals surface area contributed by atoms with Crippen molar-refractivity contribution in [2.75, 3.05) is 24.6 Å². The van der Waals surface area contributed by atoms with Gasteiger partial charge < -0.3 is 14.5 Å². The summed E-state index contributed by atoms with van der Waals surface area (Å²) in [5.74, 6) is 0.882. The number of anilines is 2. The van der Waals surface area contributed by atoms with Crippen LogP contribution >= 0.6 is 0 Å². The zero-order valence-electron chi connectivity index (χ0n) is 22.2. The SMILES string of the molecule is C=C(CC(C)(C)C)N1CCOc2ccc(N3CCCc4cc(-c5cnn(C)c5)c(C(F)F)cc43)cc2C1. The highest BCUT2D eigenvalue weighted by atomic mass is 19.3. The lowest BCUT2D eigenvalue weighted by atomic mass is 9.90. The molecule has 0 atom stereocenters. The van der Waals surface area contributed by atoms with E-state index >= 15 is 0 Å². The van der Waals surface area contributed by atoms with Gasteiger partial charge in [0, 0.05) is 60.1 Å². The van der Waals surface area contributed by atoms with Gasteiger partial charge >= 0.3 is 0 Å². The monoisotopic (exact) mass is 506 g/mol. The molecule has 0 unspecified atom stereocenters. The fourth-order valence-corrected chi connectivity index (χ4v) is 5.45. The van der Waals surface area contributed by atoms with Gasteiger partial charge in [0.05, 0.1) is 12.7 Å². The molecule has 37 heavy (non-hydrogen) atoms. The van der Waals surface area contributed by atoms with Crippen LogP contribution in [0.2, 0.25) is 0 Å². The van der Waals surface area contributed by atoms with E-state index in [1.165, 1.54) is 0 Å². The minimum Gasteiger partial charge on any atom is -0.491 e. The summed E-state index contributed by atoms with van der Waals surface area (Å²) in [6, 6.07) is 9.84. The Morgan fingerprint density at radius 1 is 1.14 bits per heavy atom. The Morgan fingerprint density at radius 3 is 2.65 bits per heavy atom. The Hall–Kier alpha value is -3.35. The number of fused-ring (bicyclic) bond motifs is 2. The number of hydrogen-bond acceptors (Lipinski definition) is 4. The molecule has 0 N–H and O–H groups in total. The average Bonchev–Trinajstić information content (AvgIpc) is 3.15. The first kappa shape index (κ1) is 25.3. The normalized spacial score (nSPS) is 15.8. The number of aromatic nitrogens is 2. The van der Waals surface area contributed by atoms with Crippen molar-refractivity contribution in [3.8, 4) is 16.9 Å². The van der Waals surface area contributed by atoms with Crippen LogP contribution in [0.4, 0.5) is 20.2 Å². The lowest BCUT2D eigenvalue weighted by Gasteiger charge is -2.33. The van der Waals surface area contributed by atoms with E-state index in [0.29, 0.717) is 12.2 Å². The van der Waals surface area contributed by atoms with Crippen LogP contribution < -0.4 is 9.64 Å². The van der Waals surface area contributed by atoms with Crippen LogP contribution in [-0.4, -0.2) is 34.4 Å². The van der Waals surface area contributed by atoms with Crippen LogP contribution in [0.5, 0.6) is 5.75 Å². The number of nitrogens with zero attached hydrogens (tertiary/aromatic N) is 4. The number of rotatable bonds is 5. The van der Waals surface area contributed by atoms with Crippen LogP contribution in [0.1, 0.15) is 56.7 Å². The second-order valence-corrected chi connectivity index (χ2v) is 11.4. The van der Waals surface area contributed by atoms with E-state index in [4.69, 9.17) is 4.74 Å². The minimum absolute atomic E-state index is 0.0430. The molecule has 7 heteroatoms. The Labute approximate surface area is 218 Å². The maximum Gasteiger partial charge on any atom is 0.264 e. The molecule has 0 bridgehead atoms. The summed E-state index contributed by atoms with van der Waals surface area (Å²) in [4.78, 5) is 4.48. The molecule has 3 aromatic rings. The van der Waals surface area contributed by atoms with E-state index in [1.807, 2.05) is 18.2 Å². The highest BCUT2D eigenvalue weighted by Crippen LogP contribution is 2.42. The first-order chi connectivity index (χ1) is 17.6. The molecule has 0 radical (unpaired) electrons. The summed E-state index contributed by atoms with van der Waals surface area (Å²) in [5.41, 5.74) is 6.63. The fraction of sp³-hybridized carbons (Fsp3) is 0.433. The summed E-state index contributed by atoms with van der Waals surface area (Å²) >= 11 is 0. The van der Waals surface area contributed by atoms with Gasteiger partial charge in [-0.1, -0.05) is 27.4 Å². The molecule has 0 saturated heterocycles. The molecule has 2 aromatic carbocycles. The molecule has 196 valence electrons. The Balaban J connectivity index is 1.49. The molecular formula is C30H36F2N4O. The summed E-state index contributed by atoms with van der Waals surface area (Å²) in [7, 11) is 1.80. The van der Waals surface area contributed by atoms with Crippen molar-refractivity contribution in [2.24, 2.45) is 12.5 Å². The van der Waals surface area contributed by atoms with Crippen LogP contribution in [0.25, 0.3) is 11.1 Å². The maximum absolute atomic E-state index is 14.2. The second kappa shape index (κ2) is 9.84. The molecule has 0 aliphatic carbocycles. The van der Waals surface area contributed by atoms with E-state index < -0.39 is 6.43 Å². The van der Waals surface area contributed by atoms with Crippen molar-refractivity contribution in [3.63, 3.8) is 0 Å². The third kappa shape index (κ3) is 5.36. The summed E-state index contributed by atoms with van der Waals surface area (Å²) < 4.78 is 36.2. The van der Waals surface area contributed by atoms with Crippen molar-refractivity contribution >= 4 is 11.4 Å². The van der Waals surface area contributed by atoms with Crippen LogP contribution in [-0.2, 0) is 20.0 Å². The third-order valence-electron chi connectivity index (χ3n) is 7.14. The van der Waals surface area contributed by atoms with Gasteiger partial charge in [-0.2, -0.15) is 5.10 Å². The van der Waals surface area contributed by atoms with Gasteiger partial charge in [0.15, 0.2) is 0 Å². The van der Waals surface area contributed by atoms with E-state index in [9.17, 15) is 8.78 Å². The maximum atomic E-state index is 14.2. The molecule has 1 aromatic heterocycles. The Bertz CT molecular complexity index is 1310. The van der Waals surface area contributed by atoms with E-state index in [-0.39, 0.29) is 11.0 Å². The van der Waals surface area contributed by atoms with Crippen molar-refractivity contribution in [1.29, 1.82) is 0 Å². The number of aryl methyl sites for hydroxylation is 2. The molecule has 0 saturated carbocycles. The standard InChI is InChI=1S/C30H36F2N4O/c1-20(16-30(2,3)4)35-11-12-37-28-9-8-24(13-22(28)19-35)36-10-6-7-21-14-25(23-17-33-34(5)18-23)26(29(31)32)15-27(21)36/h8-9,13-15,17-18,29H,1,6-7,10-12,16,19H2,2-5H3. The number of ether oxygens (including phenoxy) is 1. The molecule has 5 rings (SSSR count). The van der Waals surface area contributed by atoms with Gasteiger partial charge in [-0.25, -0.2) is 8.78 Å². The number of benzene rings is 2. The lowest BCUT2D eigenvalue weighted by molar-refractivity contribution is 0.152. The van der Waals surface area contributed by atoms with Crippen molar-refractivity contribution in [3.05, 3.63) is 71.7 Å². The first-order valence-electron chi connectivity index (χ1n) is 13.0. The highest BCUT2D eigenvalue weighted by Gasteiger charge is 2.26. The van der Waals surface area contributed by atoms with E-state index in [0.717, 1.165) is 78.4 Å². The van der Waals surface area contributed by atoms with Gasteiger partial charge in [-0.15, -0.1) is 0 Å². The zero-order valence-corrected chi connectivity index (χ0v) is 22.2. The average molecular weight is 507 g/mol. The molecule has 0 amide bonds. The van der Waals surface area contributed by atoms with Crippen LogP contribution in [0, 0.1) is 5.41 Å². The topological polar surface area (TPSA) is 33.5 Å². The fourth-order valence-electron chi connectivity index (χ4n) is 5.45. The quantitative estimate of drug-likeness (QED) is 0.365. The molecule has 3 heterocycles. The van der Waals surface area contributed by atoms with Crippen molar-refractivity contribution in [1.82, 2.24) is 14.7 Å². The first-order valence-corrected chi connectivity index (χ1v) is 13.0. The second-order valence-electron chi connectivity index (χ2n) is 11.4. The summed E-state index contributed by atoms with van der Waals surface area (Å²) in [6.07, 6.45) is 3.59. The predicted molar refractivity (Wildman–Crippen MR) is 144 cm³/mol.